The first-order valence-corrected chi connectivity index (χ1v) is 25.4. The Labute approximate surface area is 478 Å². The molecule has 30 nitrogen and oxygen atoms in total. The van der Waals surface area contributed by atoms with Gasteiger partial charge in [-0.1, -0.05) is 18.2 Å². The molecule has 0 bridgehead atoms. The SMILES string of the molecule is COc1cc(C=CC(=O)OCC2OC(OC3C(Oc4cc5c(OC6OC(COC(=O)CC(=O)O)C(O)C(O)C6O)cc(O)cc5[o+]c4-c4cc(O)c(O)c(O)c4)OC(COC(=O)C=Cc4ccc(O)cc4)C(O)C3O)C(O)C(O)C2O)ccc1O. The molecule has 15 atom stereocenters. The largest absolute Gasteiger partial charge is 0.508 e. The fourth-order valence-electron chi connectivity index (χ4n) is 8.78. The number of aliphatic hydroxyl groups excluding tert-OH is 8. The zero-order valence-electron chi connectivity index (χ0n) is 44.1. The van der Waals surface area contributed by atoms with Gasteiger partial charge in [0.25, 0.3) is 0 Å². The maximum absolute atomic E-state index is 13.0. The van der Waals surface area contributed by atoms with Crippen LogP contribution < -0.4 is 14.2 Å². The van der Waals surface area contributed by atoms with E-state index in [2.05, 4.69) is 0 Å². The quantitative estimate of drug-likeness (QED) is 0.0115. The Morgan fingerprint density at radius 2 is 1.06 bits per heavy atom. The number of carboxylic acid groups (broad SMARTS) is 1. The van der Waals surface area contributed by atoms with E-state index in [1.807, 2.05) is 0 Å². The van der Waals surface area contributed by atoms with Crippen LogP contribution >= 0.6 is 0 Å². The van der Waals surface area contributed by atoms with Gasteiger partial charge in [0.1, 0.15) is 116 Å². The summed E-state index contributed by atoms with van der Waals surface area (Å²) in [6.07, 6.45) is -26.9. The Morgan fingerprint density at radius 1 is 0.529 bits per heavy atom. The lowest BCUT2D eigenvalue weighted by molar-refractivity contribution is -0.358. The standard InChI is InChI=1S/C55H56O30/c1-75-33-12-23(4-9-28(33)58)6-11-40(64)76-19-35-43(67)47(71)50(74)54(83-35)85-52-48(72)45(69)37(20-77-39(63)10-5-22-2-7-25(56)8-3-22)84-55(52)81-34-17-27-31(79-51(34)24-13-29(59)42(66)30(60)14-24)15-26(57)16-32(27)80-53-49(73)46(70)44(68)36(82-53)21-78-41(65)18-38(61)62/h2-17,35-37,43-50,52-55,67-74H,18-21H2,1H3,(H6-,56,57,58,59,60,61,62,63,64,66)/p+1. The average molecular weight is 1200 g/mol. The molecule has 5 aromatic rings. The molecule has 8 rings (SSSR count). The highest BCUT2D eigenvalue weighted by Gasteiger charge is 2.53. The van der Waals surface area contributed by atoms with Gasteiger partial charge >= 0.3 is 35.2 Å². The minimum absolute atomic E-state index is 0.0552. The number of carbonyl (C=O) groups is 4. The normalized spacial score (nSPS) is 27.8. The van der Waals surface area contributed by atoms with E-state index in [4.69, 9.17) is 56.9 Å². The van der Waals surface area contributed by atoms with Gasteiger partial charge in [0.15, 0.2) is 41.1 Å². The average Bonchev–Trinajstić information content (AvgIpc) is 1.95. The Bertz CT molecular complexity index is 3250. The van der Waals surface area contributed by atoms with Crippen LogP contribution in [0, 0.1) is 0 Å². The van der Waals surface area contributed by atoms with Crippen molar-refractivity contribution in [2.24, 2.45) is 0 Å². The number of aromatic hydroxyl groups is 6. The van der Waals surface area contributed by atoms with Gasteiger partial charge in [-0.3, -0.25) is 9.59 Å². The lowest BCUT2D eigenvalue weighted by Crippen LogP contribution is -2.65. The molecule has 0 radical (unpaired) electrons. The summed E-state index contributed by atoms with van der Waals surface area (Å²) in [7, 11) is 1.31. The van der Waals surface area contributed by atoms with Gasteiger partial charge in [0.2, 0.25) is 18.3 Å². The first kappa shape index (κ1) is 62.4. The molecule has 30 heteroatoms. The molecule has 4 aromatic carbocycles. The number of rotatable bonds is 20. The van der Waals surface area contributed by atoms with E-state index in [0.29, 0.717) is 11.1 Å². The number of hydrogen-bond donors (Lipinski definition) is 15. The van der Waals surface area contributed by atoms with Gasteiger partial charge in [0, 0.05) is 36.4 Å². The summed E-state index contributed by atoms with van der Waals surface area (Å²) in [4.78, 5) is 48.9. The summed E-state index contributed by atoms with van der Waals surface area (Å²) >= 11 is 0. The lowest BCUT2D eigenvalue weighted by atomic mass is 9.97. The number of hydrogen-bond acceptors (Lipinski definition) is 28. The molecule has 0 spiro atoms. The first-order valence-electron chi connectivity index (χ1n) is 25.4. The van der Waals surface area contributed by atoms with Gasteiger partial charge in [-0.25, -0.2) is 14.0 Å². The fourth-order valence-corrected chi connectivity index (χ4v) is 8.78. The van der Waals surface area contributed by atoms with Crippen molar-refractivity contribution in [3.8, 4) is 63.1 Å². The molecular formula is C55H57O30+. The molecule has 3 fully saturated rings. The highest BCUT2D eigenvalue weighted by molar-refractivity contribution is 5.91. The number of phenolic OH excluding ortho intramolecular Hbond substituents is 6. The Morgan fingerprint density at radius 3 is 1.66 bits per heavy atom. The molecule has 15 N–H and O–H groups in total. The van der Waals surface area contributed by atoms with Crippen LogP contribution in [0.15, 0.2) is 89.4 Å². The molecule has 0 aliphatic carbocycles. The molecule has 3 aliphatic heterocycles. The zero-order chi connectivity index (χ0) is 61.6. The van der Waals surface area contributed by atoms with Crippen LogP contribution in [-0.2, 0) is 52.3 Å². The minimum atomic E-state index is -2.24. The predicted octanol–water partition coefficient (Wildman–Crippen LogP) is -0.641. The summed E-state index contributed by atoms with van der Waals surface area (Å²) in [6, 6.07) is 14.5. The second-order valence-corrected chi connectivity index (χ2v) is 19.3. The second-order valence-electron chi connectivity index (χ2n) is 19.3. The number of phenols is 6. The van der Waals surface area contributed by atoms with Crippen molar-refractivity contribution in [1.29, 1.82) is 0 Å². The highest BCUT2D eigenvalue weighted by Crippen LogP contribution is 2.46. The fraction of sp³-hybridized carbons (Fsp3) is 0.364. The smallest absolute Gasteiger partial charge is 0.402 e. The summed E-state index contributed by atoms with van der Waals surface area (Å²) < 4.78 is 62.6. The number of benzene rings is 4. The van der Waals surface area contributed by atoms with Gasteiger partial charge < -0.3 is 124 Å². The van der Waals surface area contributed by atoms with Gasteiger partial charge in [-0.05, 0) is 47.5 Å². The van der Waals surface area contributed by atoms with Crippen molar-refractivity contribution in [3.05, 3.63) is 96.1 Å². The molecule has 3 aliphatic rings. The third-order valence-corrected chi connectivity index (χ3v) is 13.3. The summed E-state index contributed by atoms with van der Waals surface area (Å²) in [5.74, 6) is -10.1. The van der Waals surface area contributed by atoms with E-state index in [0.717, 1.165) is 42.5 Å². The zero-order valence-corrected chi connectivity index (χ0v) is 44.1. The number of ether oxygens (including phenoxy) is 10. The minimum Gasteiger partial charge on any atom is -0.508 e. The van der Waals surface area contributed by atoms with E-state index in [1.165, 1.54) is 61.7 Å². The van der Waals surface area contributed by atoms with Crippen molar-refractivity contribution in [1.82, 2.24) is 0 Å². The third-order valence-electron chi connectivity index (χ3n) is 13.3. The number of carboxylic acids is 1. The van der Waals surface area contributed by atoms with Crippen molar-refractivity contribution < 1.29 is 148 Å². The van der Waals surface area contributed by atoms with Crippen LogP contribution in [0.5, 0.6) is 51.7 Å². The van der Waals surface area contributed by atoms with Crippen LogP contribution in [0.4, 0.5) is 0 Å². The van der Waals surface area contributed by atoms with Gasteiger partial charge in [-0.15, -0.1) is 0 Å². The molecule has 85 heavy (non-hydrogen) atoms. The van der Waals surface area contributed by atoms with Gasteiger partial charge in [-0.2, -0.15) is 0 Å². The molecule has 3 saturated heterocycles. The van der Waals surface area contributed by atoms with Crippen LogP contribution in [0.2, 0.25) is 0 Å². The molecule has 0 saturated carbocycles. The predicted molar refractivity (Wildman–Crippen MR) is 279 cm³/mol. The molecule has 15 unspecified atom stereocenters. The van der Waals surface area contributed by atoms with Crippen LogP contribution in [0.1, 0.15) is 17.5 Å². The maximum Gasteiger partial charge on any atom is 0.402 e. The Balaban J connectivity index is 1.14. The van der Waals surface area contributed by atoms with Crippen LogP contribution in [-0.4, -0.2) is 220 Å². The Hall–Kier alpha value is -8.63. The third kappa shape index (κ3) is 14.8. The van der Waals surface area contributed by atoms with E-state index >= 15 is 0 Å². The summed E-state index contributed by atoms with van der Waals surface area (Å²) in [5.41, 5.74) is 0.167. The number of esters is 3. The number of carbonyl (C=O) groups excluding carboxylic acids is 3. The summed E-state index contributed by atoms with van der Waals surface area (Å²) in [5, 5.41) is 160. The van der Waals surface area contributed by atoms with Crippen molar-refractivity contribution >= 4 is 47.0 Å². The first-order chi connectivity index (χ1) is 40.4. The Kier molecular flexibility index (Phi) is 19.8. The highest BCUT2D eigenvalue weighted by atomic mass is 16.8. The molecular weight excluding hydrogens is 1140 g/mol. The van der Waals surface area contributed by atoms with Crippen molar-refractivity contribution in [3.63, 3.8) is 0 Å². The molecule has 1 aromatic heterocycles. The molecule has 0 amide bonds. The summed E-state index contributed by atoms with van der Waals surface area (Å²) in [6.45, 7) is -2.53. The van der Waals surface area contributed by atoms with Crippen molar-refractivity contribution in [2.75, 3.05) is 26.9 Å². The number of aliphatic carboxylic acids is 1. The van der Waals surface area contributed by atoms with E-state index < -0.39 is 182 Å². The van der Waals surface area contributed by atoms with E-state index in [1.54, 1.807) is 0 Å². The van der Waals surface area contributed by atoms with E-state index in [-0.39, 0.29) is 33.8 Å². The van der Waals surface area contributed by atoms with Crippen LogP contribution in [0.25, 0.3) is 34.4 Å². The second kappa shape index (κ2) is 27.0. The topological polar surface area (TPSA) is 475 Å². The molecule has 4 heterocycles. The van der Waals surface area contributed by atoms with Crippen molar-refractivity contribution in [2.45, 2.75) is 98.5 Å². The monoisotopic (exact) mass is 1200 g/mol. The number of aliphatic hydroxyl groups is 8. The number of methoxy groups -OCH3 is 1. The van der Waals surface area contributed by atoms with Gasteiger partial charge in [0.05, 0.1) is 18.7 Å². The molecule has 456 valence electrons. The lowest BCUT2D eigenvalue weighted by Gasteiger charge is -2.45. The van der Waals surface area contributed by atoms with Crippen LogP contribution in [0.3, 0.4) is 0 Å². The van der Waals surface area contributed by atoms with E-state index in [9.17, 15) is 90.7 Å². The number of fused-ring (bicyclic) bond motifs is 1. The maximum atomic E-state index is 13.0.